The Bertz CT molecular complexity index is 631. The molecule has 1 aromatic carbocycles. The molecule has 1 amide bonds. The van der Waals surface area contributed by atoms with Crippen molar-refractivity contribution < 1.29 is 4.79 Å². The van der Waals surface area contributed by atoms with Gasteiger partial charge in [-0.2, -0.15) is 0 Å². The van der Waals surface area contributed by atoms with Gasteiger partial charge < -0.3 is 10.6 Å². The Morgan fingerprint density at radius 1 is 1.08 bits per heavy atom. The number of carbonyl (C=O) groups excluding carboxylic acids is 1. The molecule has 1 heterocycles. The van der Waals surface area contributed by atoms with E-state index in [4.69, 9.17) is 0 Å². The Kier molecular flexibility index (Phi) is 8.55. The zero-order valence-corrected chi connectivity index (χ0v) is 15.7. The maximum absolute atomic E-state index is 12.2. The van der Waals surface area contributed by atoms with Crippen molar-refractivity contribution in [2.24, 2.45) is 0 Å². The van der Waals surface area contributed by atoms with Gasteiger partial charge in [0.1, 0.15) is 0 Å². The molecule has 6 heteroatoms. The first-order valence-electron chi connectivity index (χ1n) is 9.28. The quantitative estimate of drug-likeness (QED) is 0.647. The monoisotopic (exact) mass is 355 g/mol. The van der Waals surface area contributed by atoms with Gasteiger partial charge in [-0.15, -0.1) is 0 Å². The normalized spacial score (nSPS) is 12.0. The van der Waals surface area contributed by atoms with Crippen molar-refractivity contribution >= 4 is 11.9 Å². The minimum absolute atomic E-state index is 0.0404. The second kappa shape index (κ2) is 11.2. The first-order chi connectivity index (χ1) is 12.7. The van der Waals surface area contributed by atoms with Crippen LogP contribution >= 0.6 is 0 Å². The van der Waals surface area contributed by atoms with Crippen LogP contribution in [0.25, 0.3) is 0 Å². The number of benzene rings is 1. The highest BCUT2D eigenvalue weighted by Gasteiger charge is 2.17. The average Bonchev–Trinajstić information content (AvgIpc) is 2.68. The third-order valence-electron chi connectivity index (χ3n) is 4.38. The van der Waals surface area contributed by atoms with Crippen LogP contribution in [0, 0.1) is 0 Å². The number of likely N-dealkylation sites (N-methyl/N-ethyl adjacent to an activating group) is 1. The van der Waals surface area contributed by atoms with Crippen LogP contribution in [0.2, 0.25) is 0 Å². The van der Waals surface area contributed by atoms with Crippen LogP contribution in [0.5, 0.6) is 0 Å². The smallest absolute Gasteiger partial charge is 0.222 e. The van der Waals surface area contributed by atoms with Gasteiger partial charge in [-0.3, -0.25) is 9.69 Å². The van der Waals surface area contributed by atoms with Crippen LogP contribution in [0.3, 0.4) is 0 Å². The Morgan fingerprint density at radius 3 is 2.42 bits per heavy atom. The van der Waals surface area contributed by atoms with Gasteiger partial charge in [0.2, 0.25) is 11.9 Å². The summed E-state index contributed by atoms with van der Waals surface area (Å²) < 4.78 is 0. The molecule has 0 radical (unpaired) electrons. The van der Waals surface area contributed by atoms with Crippen molar-refractivity contribution in [1.29, 1.82) is 0 Å². The SMILES string of the molecule is CCN(CC)C(CNC(=O)CCNc1ncccn1)Cc1ccccc1. The molecule has 2 rings (SSSR count). The van der Waals surface area contributed by atoms with E-state index in [1.54, 1.807) is 18.5 Å². The van der Waals surface area contributed by atoms with E-state index in [0.717, 1.165) is 19.5 Å². The van der Waals surface area contributed by atoms with E-state index in [1.807, 2.05) is 6.07 Å². The fraction of sp³-hybridized carbons (Fsp3) is 0.450. The molecule has 0 saturated heterocycles. The number of carbonyl (C=O) groups is 1. The Balaban J connectivity index is 1.80. The molecule has 26 heavy (non-hydrogen) atoms. The van der Waals surface area contributed by atoms with Crippen LogP contribution in [0.4, 0.5) is 5.95 Å². The lowest BCUT2D eigenvalue weighted by atomic mass is 10.0. The minimum atomic E-state index is 0.0404. The summed E-state index contributed by atoms with van der Waals surface area (Å²) in [5.41, 5.74) is 1.29. The van der Waals surface area contributed by atoms with Gasteiger partial charge in [0.05, 0.1) is 0 Å². The van der Waals surface area contributed by atoms with E-state index in [1.165, 1.54) is 5.56 Å². The number of nitrogens with zero attached hydrogens (tertiary/aromatic N) is 3. The van der Waals surface area contributed by atoms with E-state index < -0.39 is 0 Å². The van der Waals surface area contributed by atoms with E-state index >= 15 is 0 Å². The molecule has 0 aliphatic rings. The van der Waals surface area contributed by atoms with Gasteiger partial charge in [-0.05, 0) is 31.1 Å². The third-order valence-corrected chi connectivity index (χ3v) is 4.38. The summed E-state index contributed by atoms with van der Waals surface area (Å²) in [6, 6.07) is 12.5. The van der Waals surface area contributed by atoms with Crippen molar-refractivity contribution in [3.05, 3.63) is 54.4 Å². The van der Waals surface area contributed by atoms with Gasteiger partial charge in [0.15, 0.2) is 0 Å². The van der Waals surface area contributed by atoms with Crippen LogP contribution < -0.4 is 10.6 Å². The fourth-order valence-corrected chi connectivity index (χ4v) is 2.95. The van der Waals surface area contributed by atoms with Crippen molar-refractivity contribution in [3.63, 3.8) is 0 Å². The molecule has 0 saturated carbocycles. The maximum Gasteiger partial charge on any atom is 0.222 e. The molecule has 140 valence electrons. The average molecular weight is 355 g/mol. The number of aromatic nitrogens is 2. The van der Waals surface area contributed by atoms with Crippen molar-refractivity contribution in [3.8, 4) is 0 Å². The second-order valence-corrected chi connectivity index (χ2v) is 6.12. The number of hydrogen-bond donors (Lipinski definition) is 2. The molecule has 0 aliphatic carbocycles. The highest BCUT2D eigenvalue weighted by molar-refractivity contribution is 5.76. The lowest BCUT2D eigenvalue weighted by Crippen LogP contribution is -2.45. The third kappa shape index (κ3) is 6.80. The van der Waals surface area contributed by atoms with E-state index in [-0.39, 0.29) is 5.91 Å². The molecule has 6 nitrogen and oxygen atoms in total. The lowest BCUT2D eigenvalue weighted by molar-refractivity contribution is -0.121. The van der Waals surface area contributed by atoms with E-state index in [2.05, 4.69) is 63.6 Å². The molecule has 1 aromatic heterocycles. The van der Waals surface area contributed by atoms with Gasteiger partial charge in [0.25, 0.3) is 0 Å². The number of nitrogens with one attached hydrogen (secondary N) is 2. The van der Waals surface area contributed by atoms with Crippen molar-refractivity contribution in [1.82, 2.24) is 20.2 Å². The summed E-state index contributed by atoms with van der Waals surface area (Å²) in [6.45, 7) is 7.43. The van der Waals surface area contributed by atoms with E-state index in [9.17, 15) is 4.79 Å². The van der Waals surface area contributed by atoms with Crippen LogP contribution in [-0.4, -0.2) is 53.0 Å². The molecule has 2 N–H and O–H groups in total. The molecular weight excluding hydrogens is 326 g/mol. The number of hydrogen-bond acceptors (Lipinski definition) is 5. The summed E-state index contributed by atoms with van der Waals surface area (Å²) in [7, 11) is 0. The lowest BCUT2D eigenvalue weighted by Gasteiger charge is -2.30. The van der Waals surface area contributed by atoms with Crippen LogP contribution in [0.1, 0.15) is 25.8 Å². The predicted molar refractivity (Wildman–Crippen MR) is 105 cm³/mol. The number of anilines is 1. The summed E-state index contributed by atoms with van der Waals surface area (Å²) in [5, 5.41) is 6.13. The first kappa shape index (κ1) is 19.8. The van der Waals surface area contributed by atoms with Gasteiger partial charge in [-0.1, -0.05) is 44.2 Å². The number of rotatable bonds is 11. The number of amides is 1. The standard InChI is InChI=1S/C20H29N5O/c1-3-25(4-2)18(15-17-9-6-5-7-10-17)16-24-19(26)11-14-23-20-21-12-8-13-22-20/h5-10,12-13,18H,3-4,11,14-16H2,1-2H3,(H,24,26)(H,21,22,23). The molecule has 1 atom stereocenters. The van der Waals surface area contributed by atoms with Crippen molar-refractivity contribution in [2.45, 2.75) is 32.7 Å². The molecule has 1 unspecified atom stereocenters. The second-order valence-electron chi connectivity index (χ2n) is 6.12. The zero-order chi connectivity index (χ0) is 18.6. The molecule has 0 bridgehead atoms. The summed E-state index contributed by atoms with van der Waals surface area (Å²) in [6.07, 6.45) is 4.68. The zero-order valence-electron chi connectivity index (χ0n) is 15.7. The fourth-order valence-electron chi connectivity index (χ4n) is 2.95. The summed E-state index contributed by atoms with van der Waals surface area (Å²) in [5.74, 6) is 0.587. The van der Waals surface area contributed by atoms with Crippen LogP contribution in [-0.2, 0) is 11.2 Å². The molecule has 0 aliphatic heterocycles. The molecule has 2 aromatic rings. The topological polar surface area (TPSA) is 70.2 Å². The summed E-state index contributed by atoms with van der Waals surface area (Å²) >= 11 is 0. The highest BCUT2D eigenvalue weighted by Crippen LogP contribution is 2.09. The molecule has 0 spiro atoms. The highest BCUT2D eigenvalue weighted by atomic mass is 16.1. The van der Waals surface area contributed by atoms with Gasteiger partial charge in [0, 0.05) is 37.9 Å². The van der Waals surface area contributed by atoms with Crippen molar-refractivity contribution in [2.75, 3.05) is 31.5 Å². The maximum atomic E-state index is 12.2. The summed E-state index contributed by atoms with van der Waals surface area (Å²) in [4.78, 5) is 22.7. The van der Waals surface area contributed by atoms with Gasteiger partial charge in [-0.25, -0.2) is 9.97 Å². The van der Waals surface area contributed by atoms with Gasteiger partial charge >= 0.3 is 0 Å². The van der Waals surface area contributed by atoms with Crippen LogP contribution in [0.15, 0.2) is 48.8 Å². The Hall–Kier alpha value is -2.47. The Morgan fingerprint density at radius 2 is 1.77 bits per heavy atom. The largest absolute Gasteiger partial charge is 0.354 e. The molecular formula is C20H29N5O. The Labute approximate surface area is 156 Å². The molecule has 0 fully saturated rings. The first-order valence-corrected chi connectivity index (χ1v) is 9.28. The van der Waals surface area contributed by atoms with E-state index in [0.29, 0.717) is 31.5 Å². The predicted octanol–water partition coefficient (Wildman–Crippen LogP) is 2.35. The minimum Gasteiger partial charge on any atom is -0.354 e.